The van der Waals surface area contributed by atoms with E-state index in [9.17, 15) is 32.3 Å². The summed E-state index contributed by atoms with van der Waals surface area (Å²) >= 11 is 6.09. The summed E-state index contributed by atoms with van der Waals surface area (Å²) in [6.07, 6.45) is -2.17. The molecule has 1 heterocycles. The summed E-state index contributed by atoms with van der Waals surface area (Å²) in [6.45, 7) is 0.189. The molecule has 4 aromatic rings. The fourth-order valence-electron chi connectivity index (χ4n) is 5.70. The molecule has 1 fully saturated rings. The van der Waals surface area contributed by atoms with Crippen molar-refractivity contribution in [1.82, 2.24) is 15.6 Å². The van der Waals surface area contributed by atoms with Gasteiger partial charge in [-0.2, -0.15) is 13.2 Å². The highest BCUT2D eigenvalue weighted by atomic mass is 35.5. The Kier molecular flexibility index (Phi) is 9.93. The van der Waals surface area contributed by atoms with E-state index in [0.717, 1.165) is 12.1 Å². The van der Waals surface area contributed by atoms with Crippen LogP contribution in [0.5, 0.6) is 0 Å². The van der Waals surface area contributed by atoms with E-state index in [1.54, 1.807) is 42.5 Å². The number of hydrogen-bond donors (Lipinski definition) is 3. The maximum atomic E-state index is 14.9. The molecule has 2 amide bonds. The molecule has 5 rings (SSSR count). The minimum Gasteiger partial charge on any atom is -0.478 e. The molecule has 0 aliphatic heterocycles. The zero-order chi connectivity index (χ0) is 32.9. The number of carbonyl (C=O) groups is 2. The van der Waals surface area contributed by atoms with Crippen molar-refractivity contribution in [3.63, 3.8) is 0 Å². The summed E-state index contributed by atoms with van der Waals surface area (Å²) in [6, 6.07) is 19.4. The lowest BCUT2D eigenvalue weighted by molar-refractivity contribution is -0.137. The van der Waals surface area contributed by atoms with E-state index >= 15 is 0 Å². The first-order valence-corrected chi connectivity index (χ1v) is 14.9. The van der Waals surface area contributed by atoms with Gasteiger partial charge < -0.3 is 20.5 Å². The molecule has 2 unspecified atom stereocenters. The number of nitrogens with one attached hydrogen (secondary N) is 2. The van der Waals surface area contributed by atoms with Crippen LogP contribution in [0.2, 0.25) is 5.02 Å². The Morgan fingerprint density at radius 1 is 0.935 bits per heavy atom. The Balaban J connectivity index is 1.41. The first-order chi connectivity index (χ1) is 21.9. The standard InChI is InChI=1S/C34H30ClF4N3O4/c35-26-9-12-30(40-19-26)33(18-21-5-2-1-3-6-21,24-14-25(34(37,38)39)16-27(36)15-24)42-32(45)41-28-10-11-29(17-28)46-20-22-7-4-8-23(13-22)31(43)44/h1-9,12-16,19,28-29H,10-11,17-18,20H2,(H,43,44)(H2,41,42,45)/t28?,29?,33-/m0/s1. The highest BCUT2D eigenvalue weighted by Gasteiger charge is 2.41. The van der Waals surface area contributed by atoms with Crippen LogP contribution in [0.15, 0.2) is 91.1 Å². The summed E-state index contributed by atoms with van der Waals surface area (Å²) in [5.41, 5.74) is -1.43. The van der Waals surface area contributed by atoms with Crippen molar-refractivity contribution in [1.29, 1.82) is 0 Å². The normalized spacial score (nSPS) is 17.7. The molecule has 1 aliphatic rings. The number of aromatic carboxylic acids is 1. The van der Waals surface area contributed by atoms with Crippen molar-refractivity contribution in [2.75, 3.05) is 0 Å². The number of aromatic nitrogens is 1. The third-order valence-corrected chi connectivity index (χ3v) is 8.12. The van der Waals surface area contributed by atoms with E-state index in [1.165, 1.54) is 30.5 Å². The molecule has 1 aliphatic carbocycles. The van der Waals surface area contributed by atoms with Crippen molar-refractivity contribution in [2.24, 2.45) is 0 Å². The van der Waals surface area contributed by atoms with Gasteiger partial charge in [0.2, 0.25) is 0 Å². The zero-order valence-corrected chi connectivity index (χ0v) is 25.1. The molecule has 12 heteroatoms. The van der Waals surface area contributed by atoms with Gasteiger partial charge in [0.15, 0.2) is 0 Å². The fourth-order valence-corrected chi connectivity index (χ4v) is 5.81. The van der Waals surface area contributed by atoms with E-state index in [1.807, 2.05) is 0 Å². The van der Waals surface area contributed by atoms with Gasteiger partial charge in [0.05, 0.1) is 34.6 Å². The summed E-state index contributed by atoms with van der Waals surface area (Å²) in [5.74, 6) is -2.16. The van der Waals surface area contributed by atoms with Gasteiger partial charge in [-0.1, -0.05) is 54.1 Å². The molecule has 0 spiro atoms. The van der Waals surface area contributed by atoms with Gasteiger partial charge in [-0.05, 0) is 78.4 Å². The van der Waals surface area contributed by atoms with E-state index < -0.39 is 35.1 Å². The highest BCUT2D eigenvalue weighted by Crippen LogP contribution is 2.38. The smallest absolute Gasteiger partial charge is 0.416 e. The Morgan fingerprint density at radius 2 is 1.67 bits per heavy atom. The molecular weight excluding hydrogens is 626 g/mol. The molecule has 3 N–H and O–H groups in total. The van der Waals surface area contributed by atoms with E-state index in [0.29, 0.717) is 36.5 Å². The van der Waals surface area contributed by atoms with Crippen molar-refractivity contribution in [2.45, 2.75) is 56.2 Å². The third kappa shape index (κ3) is 8.02. The average molecular weight is 656 g/mol. The highest BCUT2D eigenvalue weighted by molar-refractivity contribution is 6.30. The molecule has 3 atom stereocenters. The Hall–Kier alpha value is -4.48. The van der Waals surface area contributed by atoms with Crippen LogP contribution in [0.4, 0.5) is 22.4 Å². The second-order valence-electron chi connectivity index (χ2n) is 11.2. The van der Waals surface area contributed by atoms with Crippen LogP contribution in [-0.2, 0) is 29.5 Å². The van der Waals surface area contributed by atoms with E-state index in [2.05, 4.69) is 15.6 Å². The van der Waals surface area contributed by atoms with Gasteiger partial charge in [0, 0.05) is 18.7 Å². The predicted molar refractivity (Wildman–Crippen MR) is 163 cm³/mol. The minimum absolute atomic E-state index is 0.0531. The van der Waals surface area contributed by atoms with Crippen molar-refractivity contribution >= 4 is 23.6 Å². The molecule has 3 aromatic carbocycles. The van der Waals surface area contributed by atoms with Crippen LogP contribution in [0.1, 0.15) is 57.6 Å². The number of alkyl halides is 3. The lowest BCUT2D eigenvalue weighted by Crippen LogP contribution is -2.54. The first-order valence-electron chi connectivity index (χ1n) is 14.5. The topological polar surface area (TPSA) is 101 Å². The van der Waals surface area contributed by atoms with E-state index in [-0.39, 0.29) is 47.0 Å². The van der Waals surface area contributed by atoms with E-state index in [4.69, 9.17) is 16.3 Å². The van der Waals surface area contributed by atoms with Gasteiger partial charge in [0.25, 0.3) is 0 Å². The number of carboxylic acids is 1. The lowest BCUT2D eigenvalue weighted by Gasteiger charge is -2.36. The monoisotopic (exact) mass is 655 g/mol. The maximum absolute atomic E-state index is 14.9. The molecule has 0 bridgehead atoms. The van der Waals surface area contributed by atoms with Crippen LogP contribution in [-0.4, -0.2) is 34.2 Å². The van der Waals surface area contributed by atoms with Crippen LogP contribution < -0.4 is 10.6 Å². The number of rotatable bonds is 10. The summed E-state index contributed by atoms with van der Waals surface area (Å²) < 4.78 is 62.5. The summed E-state index contributed by atoms with van der Waals surface area (Å²) in [5, 5.41) is 15.3. The van der Waals surface area contributed by atoms with Crippen LogP contribution >= 0.6 is 11.6 Å². The van der Waals surface area contributed by atoms with Crippen LogP contribution in [0.3, 0.4) is 0 Å². The summed E-state index contributed by atoms with van der Waals surface area (Å²) in [7, 11) is 0. The average Bonchev–Trinajstić information content (AvgIpc) is 3.47. The number of carbonyl (C=O) groups excluding carboxylic acids is 1. The first kappa shape index (κ1) is 32.9. The summed E-state index contributed by atoms with van der Waals surface area (Å²) in [4.78, 5) is 29.3. The molecule has 0 saturated heterocycles. The Morgan fingerprint density at radius 3 is 2.37 bits per heavy atom. The van der Waals surface area contributed by atoms with Gasteiger partial charge in [0.1, 0.15) is 11.4 Å². The predicted octanol–water partition coefficient (Wildman–Crippen LogP) is 7.51. The number of hydrogen-bond acceptors (Lipinski definition) is 4. The number of urea groups is 1. The zero-order valence-electron chi connectivity index (χ0n) is 24.4. The molecule has 46 heavy (non-hydrogen) atoms. The van der Waals surface area contributed by atoms with Crippen LogP contribution in [0.25, 0.3) is 0 Å². The third-order valence-electron chi connectivity index (χ3n) is 7.90. The van der Waals surface area contributed by atoms with Crippen LogP contribution in [0, 0.1) is 5.82 Å². The lowest BCUT2D eigenvalue weighted by atomic mass is 9.79. The molecule has 0 radical (unpaired) electrons. The molecule has 7 nitrogen and oxygen atoms in total. The minimum atomic E-state index is -4.85. The number of amides is 2. The number of nitrogens with zero attached hydrogens (tertiary/aromatic N) is 1. The van der Waals surface area contributed by atoms with Crippen molar-refractivity contribution < 1.29 is 37.0 Å². The van der Waals surface area contributed by atoms with Gasteiger partial charge in [-0.15, -0.1) is 0 Å². The Labute approximate surface area is 267 Å². The molecule has 1 saturated carbocycles. The molecule has 1 aromatic heterocycles. The number of pyridine rings is 1. The second-order valence-corrected chi connectivity index (χ2v) is 11.6. The fraction of sp³-hybridized carbons (Fsp3) is 0.265. The molecule has 240 valence electrons. The second kappa shape index (κ2) is 13.9. The number of halogens is 5. The Bertz CT molecular complexity index is 1690. The van der Waals surface area contributed by atoms with Crippen molar-refractivity contribution in [3.8, 4) is 0 Å². The van der Waals surface area contributed by atoms with Gasteiger partial charge >= 0.3 is 18.2 Å². The number of carboxylic acid groups (broad SMARTS) is 1. The number of benzene rings is 3. The van der Waals surface area contributed by atoms with Gasteiger partial charge in [-0.3, -0.25) is 4.98 Å². The van der Waals surface area contributed by atoms with Crippen molar-refractivity contribution in [3.05, 3.63) is 135 Å². The largest absolute Gasteiger partial charge is 0.478 e. The quantitative estimate of drug-likeness (QED) is 0.154. The number of ether oxygens (including phenoxy) is 1. The van der Waals surface area contributed by atoms with Gasteiger partial charge in [-0.25, -0.2) is 14.0 Å². The SMILES string of the molecule is O=C(NC1CCC(OCc2cccc(C(=O)O)c2)C1)N[C@@](Cc1ccccc1)(c1cc(F)cc(C(F)(F)F)c1)c1ccc(Cl)cn1. The maximum Gasteiger partial charge on any atom is 0.416 e. The molecular formula is C34H30ClF4N3O4.